The van der Waals surface area contributed by atoms with Crippen molar-refractivity contribution >= 4 is 11.9 Å². The van der Waals surface area contributed by atoms with Gasteiger partial charge in [0.2, 0.25) is 0 Å². The molecule has 1 amide bonds. The summed E-state index contributed by atoms with van der Waals surface area (Å²) >= 11 is 0. The smallest absolute Gasteiger partial charge is 0.335 e. The molecule has 1 unspecified atom stereocenters. The highest BCUT2D eigenvalue weighted by atomic mass is 16.4. The average Bonchev–Trinajstić information content (AvgIpc) is 2.46. The summed E-state index contributed by atoms with van der Waals surface area (Å²) in [5.41, 5.74) is 0.523. The quantitative estimate of drug-likeness (QED) is 0.880. The lowest BCUT2D eigenvalue weighted by Crippen LogP contribution is -2.40. The van der Waals surface area contributed by atoms with Gasteiger partial charge < -0.3 is 15.1 Å². The second-order valence-corrected chi connectivity index (χ2v) is 5.26. The summed E-state index contributed by atoms with van der Waals surface area (Å²) in [6, 6.07) is 6.10. The number of amides is 1. The molecule has 0 radical (unpaired) electrons. The molecule has 1 aromatic rings. The first kappa shape index (κ1) is 14.5. The zero-order valence-corrected chi connectivity index (χ0v) is 11.5. The van der Waals surface area contributed by atoms with E-state index >= 15 is 0 Å². The van der Waals surface area contributed by atoms with E-state index in [2.05, 4.69) is 0 Å². The lowest BCUT2D eigenvalue weighted by molar-refractivity contribution is 0.0521. The van der Waals surface area contributed by atoms with Gasteiger partial charge in [-0.05, 0) is 43.9 Å². The Kier molecular flexibility index (Phi) is 4.39. The number of rotatable bonds is 3. The maximum atomic E-state index is 12.3. The van der Waals surface area contributed by atoms with Crippen LogP contribution < -0.4 is 0 Å². The molecule has 1 aliphatic rings. The summed E-state index contributed by atoms with van der Waals surface area (Å²) in [7, 11) is 0. The Bertz CT molecular complexity index is 504. The number of likely N-dealkylation sites (tertiary alicyclic amines) is 1. The number of hydrogen-bond acceptors (Lipinski definition) is 3. The SMILES string of the molecule is CC(O)C1CCN(C(=O)c2cccc(C(=O)O)c2)CC1. The number of aliphatic hydroxyl groups excluding tert-OH is 1. The van der Waals surface area contributed by atoms with Crippen LogP contribution in [0.25, 0.3) is 0 Å². The molecule has 20 heavy (non-hydrogen) atoms. The van der Waals surface area contributed by atoms with Crippen molar-refractivity contribution in [3.8, 4) is 0 Å². The highest BCUT2D eigenvalue weighted by Crippen LogP contribution is 2.22. The zero-order valence-electron chi connectivity index (χ0n) is 11.5. The first-order valence-electron chi connectivity index (χ1n) is 6.79. The topological polar surface area (TPSA) is 77.8 Å². The number of carbonyl (C=O) groups is 2. The van der Waals surface area contributed by atoms with Crippen molar-refractivity contribution in [2.45, 2.75) is 25.9 Å². The van der Waals surface area contributed by atoms with Crippen molar-refractivity contribution in [2.75, 3.05) is 13.1 Å². The second-order valence-electron chi connectivity index (χ2n) is 5.26. The monoisotopic (exact) mass is 277 g/mol. The number of aromatic carboxylic acids is 1. The first-order chi connectivity index (χ1) is 9.49. The minimum atomic E-state index is -1.03. The van der Waals surface area contributed by atoms with E-state index in [9.17, 15) is 14.7 Å². The molecule has 5 heteroatoms. The van der Waals surface area contributed by atoms with Crippen molar-refractivity contribution in [3.05, 3.63) is 35.4 Å². The molecule has 1 saturated heterocycles. The van der Waals surface area contributed by atoms with Crippen molar-refractivity contribution < 1.29 is 19.8 Å². The van der Waals surface area contributed by atoms with E-state index in [1.165, 1.54) is 12.1 Å². The molecule has 1 fully saturated rings. The van der Waals surface area contributed by atoms with Crippen molar-refractivity contribution in [2.24, 2.45) is 5.92 Å². The van der Waals surface area contributed by atoms with Crippen LogP contribution in [0.3, 0.4) is 0 Å². The van der Waals surface area contributed by atoms with Crippen molar-refractivity contribution in [1.29, 1.82) is 0 Å². The van der Waals surface area contributed by atoms with E-state index in [4.69, 9.17) is 5.11 Å². The Balaban J connectivity index is 2.05. The molecule has 0 spiro atoms. The number of carbonyl (C=O) groups excluding carboxylic acids is 1. The molecule has 0 saturated carbocycles. The van der Waals surface area contributed by atoms with E-state index in [0.29, 0.717) is 18.7 Å². The van der Waals surface area contributed by atoms with Gasteiger partial charge in [-0.15, -0.1) is 0 Å². The van der Waals surface area contributed by atoms with Gasteiger partial charge in [-0.3, -0.25) is 4.79 Å². The maximum absolute atomic E-state index is 12.3. The van der Waals surface area contributed by atoms with Gasteiger partial charge in [0.05, 0.1) is 11.7 Å². The second kappa shape index (κ2) is 6.05. The fraction of sp³-hybridized carbons (Fsp3) is 0.467. The Labute approximate surface area is 117 Å². The van der Waals surface area contributed by atoms with E-state index in [-0.39, 0.29) is 23.5 Å². The molecule has 5 nitrogen and oxygen atoms in total. The van der Waals surface area contributed by atoms with Crippen LogP contribution in [0.2, 0.25) is 0 Å². The number of aliphatic hydroxyl groups is 1. The number of benzene rings is 1. The standard InChI is InChI=1S/C15H19NO4/c1-10(17)11-5-7-16(8-6-11)14(18)12-3-2-4-13(9-12)15(19)20/h2-4,9-11,17H,5-8H2,1H3,(H,19,20). The number of carboxylic acid groups (broad SMARTS) is 1. The van der Waals surface area contributed by atoms with Crippen molar-refractivity contribution in [3.63, 3.8) is 0 Å². The number of hydrogen-bond donors (Lipinski definition) is 2. The Morgan fingerprint density at radius 1 is 1.25 bits per heavy atom. The first-order valence-corrected chi connectivity index (χ1v) is 6.79. The Hall–Kier alpha value is -1.88. The molecule has 1 heterocycles. The molecule has 0 aromatic heterocycles. The van der Waals surface area contributed by atoms with E-state index < -0.39 is 5.97 Å². The van der Waals surface area contributed by atoms with Crippen molar-refractivity contribution in [1.82, 2.24) is 4.90 Å². The van der Waals surface area contributed by atoms with Crippen LogP contribution in [0, 0.1) is 5.92 Å². The van der Waals surface area contributed by atoms with Gasteiger partial charge in [-0.25, -0.2) is 4.79 Å². The van der Waals surface area contributed by atoms with E-state index in [0.717, 1.165) is 12.8 Å². The summed E-state index contributed by atoms with van der Waals surface area (Å²) in [4.78, 5) is 25.0. The molecular formula is C15H19NO4. The molecule has 2 rings (SSSR count). The van der Waals surface area contributed by atoms with Gasteiger partial charge in [-0.2, -0.15) is 0 Å². The molecule has 1 atom stereocenters. The third-order valence-electron chi connectivity index (χ3n) is 3.87. The fourth-order valence-electron chi connectivity index (χ4n) is 2.55. The van der Waals surface area contributed by atoms with Crippen LogP contribution in [0.4, 0.5) is 0 Å². The highest BCUT2D eigenvalue weighted by molar-refractivity contribution is 5.97. The maximum Gasteiger partial charge on any atom is 0.335 e. The number of nitrogens with zero attached hydrogens (tertiary/aromatic N) is 1. The molecule has 0 aliphatic carbocycles. The molecule has 108 valence electrons. The summed E-state index contributed by atoms with van der Waals surface area (Å²) < 4.78 is 0. The minimum Gasteiger partial charge on any atom is -0.478 e. The van der Waals surface area contributed by atoms with Crippen LogP contribution in [-0.2, 0) is 0 Å². The van der Waals surface area contributed by atoms with Gasteiger partial charge in [0.25, 0.3) is 5.91 Å². The highest BCUT2D eigenvalue weighted by Gasteiger charge is 2.26. The third-order valence-corrected chi connectivity index (χ3v) is 3.87. The van der Waals surface area contributed by atoms with Gasteiger partial charge in [0.15, 0.2) is 0 Å². The summed E-state index contributed by atoms with van der Waals surface area (Å²) in [6.07, 6.45) is 1.21. The van der Waals surface area contributed by atoms with E-state index in [1.807, 2.05) is 0 Å². The molecule has 2 N–H and O–H groups in total. The molecule has 1 aliphatic heterocycles. The largest absolute Gasteiger partial charge is 0.478 e. The molecule has 1 aromatic carbocycles. The lowest BCUT2D eigenvalue weighted by Gasteiger charge is -2.33. The van der Waals surface area contributed by atoms with Crippen LogP contribution in [0.5, 0.6) is 0 Å². The third kappa shape index (κ3) is 3.17. The summed E-state index contributed by atoms with van der Waals surface area (Å²) in [5, 5.41) is 18.5. The van der Waals surface area contributed by atoms with E-state index in [1.54, 1.807) is 24.0 Å². The van der Waals surface area contributed by atoms with Gasteiger partial charge in [0, 0.05) is 18.7 Å². The van der Waals surface area contributed by atoms with Crippen LogP contribution in [0.1, 0.15) is 40.5 Å². The van der Waals surface area contributed by atoms with Gasteiger partial charge >= 0.3 is 5.97 Å². The summed E-state index contributed by atoms with van der Waals surface area (Å²) in [5.74, 6) is -0.936. The predicted octanol–water partition coefficient (Wildman–Crippen LogP) is 1.62. The zero-order chi connectivity index (χ0) is 14.7. The molecular weight excluding hydrogens is 258 g/mol. The lowest BCUT2D eigenvalue weighted by atomic mass is 9.92. The van der Waals surface area contributed by atoms with Crippen LogP contribution in [-0.4, -0.2) is 46.2 Å². The number of carboxylic acids is 1. The Morgan fingerprint density at radius 3 is 2.40 bits per heavy atom. The fourth-order valence-corrected chi connectivity index (χ4v) is 2.55. The Morgan fingerprint density at radius 2 is 1.85 bits per heavy atom. The van der Waals surface area contributed by atoms with Gasteiger partial charge in [0.1, 0.15) is 0 Å². The van der Waals surface area contributed by atoms with Gasteiger partial charge in [-0.1, -0.05) is 6.07 Å². The predicted molar refractivity (Wildman–Crippen MR) is 73.7 cm³/mol. The average molecular weight is 277 g/mol. The number of piperidine rings is 1. The minimum absolute atomic E-state index is 0.120. The van der Waals surface area contributed by atoms with Crippen LogP contribution >= 0.6 is 0 Å². The molecule has 0 bridgehead atoms. The summed E-state index contributed by atoms with van der Waals surface area (Å²) in [6.45, 7) is 2.98. The normalized spacial score (nSPS) is 17.8. The van der Waals surface area contributed by atoms with Crippen LogP contribution in [0.15, 0.2) is 24.3 Å².